The molecule has 0 saturated carbocycles. The van der Waals surface area contributed by atoms with Gasteiger partial charge in [-0.05, 0) is 89.7 Å². The summed E-state index contributed by atoms with van der Waals surface area (Å²) in [6.45, 7) is 8.80. The Bertz CT molecular complexity index is 2930. The van der Waals surface area contributed by atoms with E-state index in [1.807, 2.05) is 73.1 Å². The minimum atomic E-state index is 0.399. The molecule has 0 unspecified atom stereocenters. The molecule has 60 heavy (non-hydrogen) atoms. The van der Waals surface area contributed by atoms with E-state index in [4.69, 9.17) is 24.9 Å². The summed E-state index contributed by atoms with van der Waals surface area (Å²) in [5.41, 5.74) is 12.3. The number of para-hydroxylation sites is 4. The molecule has 0 aliphatic carbocycles. The summed E-state index contributed by atoms with van der Waals surface area (Å²) in [7, 11) is 0. The van der Waals surface area contributed by atoms with Gasteiger partial charge < -0.3 is 0 Å². The van der Waals surface area contributed by atoms with E-state index in [1.165, 1.54) is 11.1 Å². The number of nitrogens with zero attached hydrogens (tertiary/aromatic N) is 9. The van der Waals surface area contributed by atoms with Crippen molar-refractivity contribution in [3.63, 3.8) is 0 Å². The van der Waals surface area contributed by atoms with Gasteiger partial charge in [0.05, 0.1) is 33.4 Å². The fourth-order valence-electron chi connectivity index (χ4n) is 7.73. The molecule has 0 saturated heterocycles. The highest BCUT2D eigenvalue weighted by atomic mass is 15.1. The lowest BCUT2D eigenvalue weighted by Gasteiger charge is -2.17. The van der Waals surface area contributed by atoms with E-state index in [-0.39, 0.29) is 0 Å². The maximum Gasteiger partial charge on any atom is 0.164 e. The Morgan fingerprint density at radius 1 is 0.383 bits per heavy atom. The summed E-state index contributed by atoms with van der Waals surface area (Å²) < 4.78 is 4.39. The van der Waals surface area contributed by atoms with Gasteiger partial charge in [-0.1, -0.05) is 100 Å². The number of benzene rings is 5. The summed E-state index contributed by atoms with van der Waals surface area (Å²) in [6.07, 6.45) is 7.27. The molecule has 9 nitrogen and oxygen atoms in total. The molecule has 5 heterocycles. The van der Waals surface area contributed by atoms with Crippen LogP contribution in [-0.4, -0.2) is 44.0 Å². The van der Waals surface area contributed by atoms with Crippen LogP contribution in [0, 0.1) is 0 Å². The van der Waals surface area contributed by atoms with Gasteiger partial charge in [0.2, 0.25) is 0 Å². The molecule has 0 bridgehead atoms. The minimum Gasteiger partial charge on any atom is -0.292 e. The normalized spacial score (nSPS) is 11.6. The molecule has 0 aliphatic heterocycles. The number of fused-ring (bicyclic) bond motifs is 2. The second kappa shape index (κ2) is 15.3. The fourth-order valence-corrected chi connectivity index (χ4v) is 7.73. The molecule has 0 N–H and O–H groups in total. The van der Waals surface area contributed by atoms with Crippen molar-refractivity contribution in [3.8, 4) is 68.3 Å². The van der Waals surface area contributed by atoms with Gasteiger partial charge in [0.15, 0.2) is 17.5 Å². The van der Waals surface area contributed by atoms with Crippen LogP contribution in [-0.2, 0) is 0 Å². The molecule has 0 radical (unpaired) electrons. The number of rotatable bonds is 9. The van der Waals surface area contributed by atoms with Crippen molar-refractivity contribution in [1.82, 2.24) is 44.0 Å². The lowest BCUT2D eigenvalue weighted by Crippen LogP contribution is -2.05. The molecule has 0 fully saturated rings. The van der Waals surface area contributed by atoms with Gasteiger partial charge in [-0.25, -0.2) is 24.9 Å². The van der Waals surface area contributed by atoms with E-state index in [1.54, 1.807) is 12.4 Å². The highest BCUT2D eigenvalue weighted by Crippen LogP contribution is 2.36. The Kier molecular flexibility index (Phi) is 9.33. The first-order chi connectivity index (χ1) is 29.4. The highest BCUT2D eigenvalue weighted by molar-refractivity contribution is 5.86. The number of hydrogen-bond donors (Lipinski definition) is 0. The maximum atomic E-state index is 5.26. The van der Waals surface area contributed by atoms with Gasteiger partial charge in [0, 0.05) is 52.6 Å². The largest absolute Gasteiger partial charge is 0.292 e. The van der Waals surface area contributed by atoms with Crippen LogP contribution in [0.25, 0.3) is 90.4 Å². The predicted molar refractivity (Wildman–Crippen MR) is 240 cm³/mol. The fraction of sp³-hybridized carbons (Fsp3) is 0.118. The van der Waals surface area contributed by atoms with Gasteiger partial charge in [-0.2, -0.15) is 0 Å². The quantitative estimate of drug-likeness (QED) is 0.144. The second-order valence-electron chi connectivity index (χ2n) is 15.6. The molecular formula is C51H41N9. The van der Waals surface area contributed by atoms with Crippen molar-refractivity contribution in [1.29, 1.82) is 0 Å². The molecule has 10 rings (SSSR count). The van der Waals surface area contributed by atoms with Crippen molar-refractivity contribution in [2.24, 2.45) is 0 Å². The van der Waals surface area contributed by atoms with Crippen molar-refractivity contribution in [3.05, 3.63) is 175 Å². The van der Waals surface area contributed by atoms with Crippen LogP contribution in [0.3, 0.4) is 0 Å². The molecule has 290 valence electrons. The van der Waals surface area contributed by atoms with Crippen LogP contribution in [0.1, 0.15) is 50.7 Å². The van der Waals surface area contributed by atoms with Crippen LogP contribution in [0.15, 0.2) is 164 Å². The van der Waals surface area contributed by atoms with E-state index in [0.29, 0.717) is 29.3 Å². The van der Waals surface area contributed by atoms with Crippen LogP contribution in [0.4, 0.5) is 0 Å². The number of hydrogen-bond acceptors (Lipinski definition) is 7. The van der Waals surface area contributed by atoms with Crippen LogP contribution in [0.2, 0.25) is 0 Å². The second-order valence-corrected chi connectivity index (χ2v) is 15.6. The number of pyridine rings is 2. The monoisotopic (exact) mass is 779 g/mol. The lowest BCUT2D eigenvalue weighted by molar-refractivity contribution is 0.866. The number of aromatic nitrogens is 9. The predicted octanol–water partition coefficient (Wildman–Crippen LogP) is 11.9. The summed E-state index contributed by atoms with van der Waals surface area (Å²) in [5, 5.41) is 0. The molecule has 9 heteroatoms. The van der Waals surface area contributed by atoms with Crippen LogP contribution >= 0.6 is 0 Å². The molecule has 5 aromatic carbocycles. The average Bonchev–Trinajstić information content (AvgIpc) is 3.89. The molecular weight excluding hydrogens is 739 g/mol. The Labute approximate surface area is 348 Å². The Balaban J connectivity index is 1.27. The lowest BCUT2D eigenvalue weighted by atomic mass is 10.0. The van der Waals surface area contributed by atoms with Crippen LogP contribution < -0.4 is 0 Å². The summed E-state index contributed by atoms with van der Waals surface area (Å²) in [4.78, 5) is 34.9. The zero-order valence-electron chi connectivity index (χ0n) is 33.8. The van der Waals surface area contributed by atoms with Gasteiger partial charge in [-0.3, -0.25) is 19.1 Å². The van der Waals surface area contributed by atoms with Crippen molar-refractivity contribution in [2.75, 3.05) is 0 Å². The molecule has 0 amide bonds. The third-order valence-corrected chi connectivity index (χ3v) is 10.9. The first-order valence-corrected chi connectivity index (χ1v) is 20.3. The van der Waals surface area contributed by atoms with E-state index < -0.39 is 0 Å². The summed E-state index contributed by atoms with van der Waals surface area (Å²) >= 11 is 0. The smallest absolute Gasteiger partial charge is 0.164 e. The van der Waals surface area contributed by atoms with Gasteiger partial charge >= 0.3 is 0 Å². The SMILES string of the molecule is CC(C)c1ccc(-c2nc(-c3ccc(C(C)C)cc3)nc(-c3cc(-n4c(-c5cccnc5)nc5ccccc54)cc(-n4c(-c5cccnc5)nc5ccccc54)c3)n2)cc1. The molecule has 0 atom stereocenters. The first-order valence-electron chi connectivity index (χ1n) is 20.3. The van der Waals surface area contributed by atoms with E-state index in [0.717, 1.165) is 72.9 Å². The average molecular weight is 780 g/mol. The van der Waals surface area contributed by atoms with Crippen molar-refractivity contribution < 1.29 is 0 Å². The van der Waals surface area contributed by atoms with Crippen molar-refractivity contribution >= 4 is 22.1 Å². The minimum absolute atomic E-state index is 0.399. The zero-order chi connectivity index (χ0) is 40.7. The topological polar surface area (TPSA) is 100 Å². The standard InChI is InChI=1S/C51H41N9/c1-32(2)34-17-21-36(22-18-34)47-56-48(37-23-19-35(20-24-37)33(3)4)58-49(57-47)40-27-41(59-45-15-7-5-13-43(45)54-50(59)38-11-9-25-52-30-38)29-42(28-40)60-46-16-8-6-14-44(46)55-51(60)39-12-10-26-53-31-39/h5-33H,1-4H3. The van der Waals surface area contributed by atoms with Crippen molar-refractivity contribution in [2.45, 2.75) is 39.5 Å². The number of imidazole rings is 2. The molecule has 0 aliphatic rings. The Morgan fingerprint density at radius 2 is 0.800 bits per heavy atom. The van der Waals surface area contributed by atoms with E-state index in [2.05, 4.69) is 126 Å². The zero-order valence-corrected chi connectivity index (χ0v) is 33.8. The maximum absolute atomic E-state index is 5.26. The van der Waals surface area contributed by atoms with E-state index >= 15 is 0 Å². The third kappa shape index (κ3) is 6.79. The van der Waals surface area contributed by atoms with E-state index in [9.17, 15) is 0 Å². The third-order valence-electron chi connectivity index (χ3n) is 10.9. The highest BCUT2D eigenvalue weighted by Gasteiger charge is 2.22. The Hall–Kier alpha value is -7.65. The molecule has 5 aromatic heterocycles. The Morgan fingerprint density at radius 3 is 1.20 bits per heavy atom. The van der Waals surface area contributed by atoms with Gasteiger partial charge in [-0.15, -0.1) is 0 Å². The first kappa shape index (κ1) is 36.7. The summed E-state index contributed by atoms with van der Waals surface area (Å²) in [5.74, 6) is 4.06. The van der Waals surface area contributed by atoms with Gasteiger partial charge in [0.1, 0.15) is 11.6 Å². The van der Waals surface area contributed by atoms with Gasteiger partial charge in [0.25, 0.3) is 0 Å². The molecule has 10 aromatic rings. The summed E-state index contributed by atoms with van der Waals surface area (Å²) in [6, 6.07) is 47.9. The van der Waals surface area contributed by atoms with Crippen LogP contribution in [0.5, 0.6) is 0 Å². The molecule has 0 spiro atoms.